The van der Waals surface area contributed by atoms with Crippen molar-refractivity contribution in [2.45, 2.75) is 84.0 Å². The van der Waals surface area contributed by atoms with Crippen LogP contribution in [-0.4, -0.2) is 11.1 Å². The molecule has 1 heterocycles. The van der Waals surface area contributed by atoms with E-state index in [0.717, 1.165) is 24.6 Å². The normalized spacial score (nSPS) is 24.1. The van der Waals surface area contributed by atoms with E-state index in [9.17, 15) is 9.59 Å². The van der Waals surface area contributed by atoms with Crippen LogP contribution >= 0.6 is 11.8 Å². The van der Waals surface area contributed by atoms with Gasteiger partial charge in [-0.15, -0.1) is 0 Å². The Morgan fingerprint density at radius 3 is 2.26 bits per heavy atom. The number of amides is 2. The summed E-state index contributed by atoms with van der Waals surface area (Å²) in [6, 6.07) is 4.93. The number of aryl methyl sites for hydroxylation is 1. The first-order chi connectivity index (χ1) is 14.6. The first kappa shape index (κ1) is 22.1. The fourth-order valence-corrected chi connectivity index (χ4v) is 5.79. The maximum Gasteiger partial charge on any atom is 0.290 e. The van der Waals surface area contributed by atoms with Crippen LogP contribution < -0.4 is 5.32 Å². The minimum Gasteiger partial charge on any atom is -0.282 e. The van der Waals surface area contributed by atoms with E-state index in [1.807, 2.05) is 6.08 Å². The zero-order valence-electron chi connectivity index (χ0n) is 19.4. The number of thioether (sulfide) groups is 1. The highest BCUT2D eigenvalue weighted by Crippen LogP contribution is 2.48. The van der Waals surface area contributed by atoms with Crippen LogP contribution in [0.4, 0.5) is 4.79 Å². The monoisotopic (exact) mass is 435 g/mol. The average Bonchev–Trinajstić information content (AvgIpc) is 3.03. The molecule has 1 saturated heterocycles. The molecule has 4 heteroatoms. The number of allylic oxidation sites excluding steroid dienone is 5. The Hall–Kier alpha value is -2.07. The molecule has 0 saturated carbocycles. The first-order valence-electron chi connectivity index (χ1n) is 11.4. The van der Waals surface area contributed by atoms with Crippen LogP contribution in [0.2, 0.25) is 0 Å². The highest BCUT2D eigenvalue weighted by atomic mass is 32.2. The summed E-state index contributed by atoms with van der Waals surface area (Å²) in [7, 11) is 0. The van der Waals surface area contributed by atoms with Crippen LogP contribution in [0.5, 0.6) is 0 Å². The molecule has 0 radical (unpaired) electrons. The number of nitrogens with one attached hydrogen (secondary N) is 1. The summed E-state index contributed by atoms with van der Waals surface area (Å²) in [5.74, 6) is -0.298. The van der Waals surface area contributed by atoms with Gasteiger partial charge in [0.15, 0.2) is 0 Å². The predicted molar refractivity (Wildman–Crippen MR) is 130 cm³/mol. The Morgan fingerprint density at radius 1 is 0.968 bits per heavy atom. The zero-order valence-corrected chi connectivity index (χ0v) is 20.2. The van der Waals surface area contributed by atoms with Crippen LogP contribution in [0, 0.1) is 6.92 Å². The van der Waals surface area contributed by atoms with Gasteiger partial charge in [0.1, 0.15) is 0 Å². The SMILES string of the molecule is Cc1cc2c(cc1C1=C(C=CC=C3SC(=O)NC3=O)CCCC1)C(C)(C)CCC2(C)C. The fraction of sp³-hybridized carbons (Fsp3) is 0.481. The van der Waals surface area contributed by atoms with Crippen molar-refractivity contribution in [2.24, 2.45) is 0 Å². The largest absolute Gasteiger partial charge is 0.290 e. The van der Waals surface area contributed by atoms with Gasteiger partial charge in [0, 0.05) is 0 Å². The maximum absolute atomic E-state index is 11.8. The number of rotatable bonds is 3. The topological polar surface area (TPSA) is 46.2 Å². The number of fused-ring (bicyclic) bond motifs is 1. The third-order valence-electron chi connectivity index (χ3n) is 7.22. The van der Waals surface area contributed by atoms with Gasteiger partial charge < -0.3 is 0 Å². The van der Waals surface area contributed by atoms with Crippen molar-refractivity contribution in [1.82, 2.24) is 5.32 Å². The molecule has 2 aliphatic carbocycles. The van der Waals surface area contributed by atoms with E-state index in [2.05, 4.69) is 58.1 Å². The highest BCUT2D eigenvalue weighted by Gasteiger charge is 2.37. The van der Waals surface area contributed by atoms with Gasteiger partial charge in [-0.2, -0.15) is 0 Å². The second-order valence-electron chi connectivity index (χ2n) is 10.4. The molecule has 0 bridgehead atoms. The van der Waals surface area contributed by atoms with Crippen molar-refractivity contribution in [2.75, 3.05) is 0 Å². The smallest absolute Gasteiger partial charge is 0.282 e. The van der Waals surface area contributed by atoms with Gasteiger partial charge in [0.25, 0.3) is 11.1 Å². The summed E-state index contributed by atoms with van der Waals surface area (Å²) in [4.78, 5) is 23.6. The highest BCUT2D eigenvalue weighted by molar-refractivity contribution is 8.18. The van der Waals surface area contributed by atoms with Gasteiger partial charge >= 0.3 is 0 Å². The van der Waals surface area contributed by atoms with Crippen LogP contribution in [0.1, 0.15) is 88.5 Å². The molecule has 1 aromatic carbocycles. The Kier molecular flexibility index (Phi) is 5.80. The molecule has 0 unspecified atom stereocenters. The molecule has 3 aliphatic rings. The fourth-order valence-electron chi connectivity index (χ4n) is 5.15. The standard InChI is InChI=1S/C27H33NO2S/c1-17-15-21-22(27(4,5)14-13-26(21,2)3)16-20(17)19-11-7-6-9-18(19)10-8-12-23-24(29)28-25(30)31-23/h8,10,12,15-16H,6-7,9,11,13-14H2,1-5H3,(H,28,29,30). The average molecular weight is 436 g/mol. The van der Waals surface area contributed by atoms with E-state index in [1.165, 1.54) is 59.1 Å². The maximum atomic E-state index is 11.8. The number of hydrogen-bond donors (Lipinski definition) is 1. The van der Waals surface area contributed by atoms with Crippen LogP contribution in [0.25, 0.3) is 5.57 Å². The van der Waals surface area contributed by atoms with Crippen molar-refractivity contribution >= 4 is 28.5 Å². The van der Waals surface area contributed by atoms with Crippen LogP contribution in [0.15, 0.2) is 40.8 Å². The Bertz CT molecular complexity index is 1040. The molecule has 1 N–H and O–H groups in total. The summed E-state index contributed by atoms with van der Waals surface area (Å²) in [6.07, 6.45) is 12.8. The summed E-state index contributed by atoms with van der Waals surface area (Å²) < 4.78 is 0. The third-order valence-corrected chi connectivity index (χ3v) is 8.05. The van der Waals surface area contributed by atoms with Gasteiger partial charge in [-0.05, 0) is 108 Å². The van der Waals surface area contributed by atoms with Gasteiger partial charge in [0.05, 0.1) is 4.91 Å². The lowest BCUT2D eigenvalue weighted by molar-refractivity contribution is -0.115. The Balaban J connectivity index is 1.75. The number of imide groups is 1. The molecule has 0 aromatic heterocycles. The predicted octanol–water partition coefficient (Wildman–Crippen LogP) is 7.09. The lowest BCUT2D eigenvalue weighted by Crippen LogP contribution is -2.34. The second kappa shape index (κ2) is 8.12. The molecule has 4 rings (SSSR count). The number of carbonyl (C=O) groups excluding carboxylic acids is 2. The first-order valence-corrected chi connectivity index (χ1v) is 12.2. The molecular weight excluding hydrogens is 402 g/mol. The summed E-state index contributed by atoms with van der Waals surface area (Å²) >= 11 is 0.969. The van der Waals surface area contributed by atoms with Crippen LogP contribution in [0.3, 0.4) is 0 Å². The lowest BCUT2D eigenvalue weighted by atomic mass is 9.62. The Morgan fingerprint density at radius 2 is 1.61 bits per heavy atom. The molecule has 1 aromatic rings. The summed E-state index contributed by atoms with van der Waals surface area (Å²) in [5, 5.41) is 2.02. The quantitative estimate of drug-likeness (QED) is 0.515. The third kappa shape index (κ3) is 4.32. The summed E-state index contributed by atoms with van der Waals surface area (Å²) in [5.41, 5.74) is 8.99. The molecule has 164 valence electrons. The minimum absolute atomic E-state index is 0.197. The molecule has 1 fully saturated rings. The van der Waals surface area contributed by atoms with Crippen molar-refractivity contribution in [3.63, 3.8) is 0 Å². The van der Waals surface area contributed by atoms with E-state index in [0.29, 0.717) is 4.91 Å². The van der Waals surface area contributed by atoms with E-state index < -0.39 is 0 Å². The minimum atomic E-state index is -0.298. The van der Waals surface area contributed by atoms with Crippen LogP contribution in [-0.2, 0) is 15.6 Å². The molecule has 0 spiro atoms. The number of benzene rings is 1. The summed E-state index contributed by atoms with van der Waals surface area (Å²) in [6.45, 7) is 11.8. The molecule has 31 heavy (non-hydrogen) atoms. The molecule has 1 aliphatic heterocycles. The molecule has 0 atom stereocenters. The Labute approximate surface area is 190 Å². The molecular formula is C27H33NO2S. The zero-order chi connectivity index (χ0) is 22.4. The van der Waals surface area contributed by atoms with Gasteiger partial charge in [-0.25, -0.2) is 0 Å². The van der Waals surface area contributed by atoms with Gasteiger partial charge in [-0.3, -0.25) is 14.9 Å². The molecule has 2 amide bonds. The van der Waals surface area contributed by atoms with E-state index in [1.54, 1.807) is 6.08 Å². The second-order valence-corrected chi connectivity index (χ2v) is 11.4. The van der Waals surface area contributed by atoms with Crippen molar-refractivity contribution in [3.05, 3.63) is 63.1 Å². The van der Waals surface area contributed by atoms with Gasteiger partial charge in [0.2, 0.25) is 0 Å². The lowest BCUT2D eigenvalue weighted by Gasteiger charge is -2.42. The van der Waals surface area contributed by atoms with E-state index >= 15 is 0 Å². The van der Waals surface area contributed by atoms with E-state index in [-0.39, 0.29) is 22.0 Å². The number of hydrogen-bond acceptors (Lipinski definition) is 3. The number of carbonyl (C=O) groups is 2. The van der Waals surface area contributed by atoms with E-state index in [4.69, 9.17) is 0 Å². The van der Waals surface area contributed by atoms with Crippen molar-refractivity contribution in [3.8, 4) is 0 Å². The van der Waals surface area contributed by atoms with Crippen molar-refractivity contribution in [1.29, 1.82) is 0 Å². The van der Waals surface area contributed by atoms with Crippen molar-refractivity contribution < 1.29 is 9.59 Å². The molecule has 3 nitrogen and oxygen atoms in total. The van der Waals surface area contributed by atoms with Gasteiger partial charge in [-0.1, -0.05) is 52.0 Å².